The predicted molar refractivity (Wildman–Crippen MR) is 59.6 cm³/mol. The van der Waals surface area contributed by atoms with Crippen LogP contribution < -0.4 is 5.32 Å². The van der Waals surface area contributed by atoms with Gasteiger partial charge in [-0.3, -0.25) is 4.98 Å². The molecule has 2 aromatic heterocycles. The van der Waals surface area contributed by atoms with Crippen LogP contribution in [0.3, 0.4) is 0 Å². The molecule has 0 radical (unpaired) electrons. The van der Waals surface area contributed by atoms with E-state index in [1.165, 1.54) is 5.56 Å². The first-order valence-electron chi connectivity index (χ1n) is 5.31. The van der Waals surface area contributed by atoms with E-state index in [0.717, 1.165) is 18.5 Å². The second kappa shape index (κ2) is 4.40. The van der Waals surface area contributed by atoms with Gasteiger partial charge in [0, 0.05) is 30.5 Å². The van der Waals surface area contributed by atoms with Crippen molar-refractivity contribution in [3.8, 4) is 0 Å². The number of rotatable bonds is 4. The van der Waals surface area contributed by atoms with Gasteiger partial charge in [0.15, 0.2) is 0 Å². The van der Waals surface area contributed by atoms with Crippen molar-refractivity contribution in [3.05, 3.63) is 30.4 Å². The van der Waals surface area contributed by atoms with E-state index in [0.29, 0.717) is 6.04 Å². The van der Waals surface area contributed by atoms with Crippen molar-refractivity contribution < 1.29 is 0 Å². The van der Waals surface area contributed by atoms with E-state index in [-0.39, 0.29) is 0 Å². The summed E-state index contributed by atoms with van der Waals surface area (Å²) in [5.41, 5.74) is 2.27. The Morgan fingerprint density at radius 1 is 1.47 bits per heavy atom. The van der Waals surface area contributed by atoms with Gasteiger partial charge in [-0.25, -0.2) is 4.52 Å². The van der Waals surface area contributed by atoms with E-state index in [1.54, 1.807) is 6.20 Å². The molecule has 0 amide bonds. The molecule has 1 N–H and O–H groups in total. The van der Waals surface area contributed by atoms with Gasteiger partial charge in [-0.15, -0.1) is 0 Å². The Hall–Kier alpha value is -1.42. The minimum absolute atomic E-state index is 0.539. The summed E-state index contributed by atoms with van der Waals surface area (Å²) in [6.45, 7) is 5.21. The van der Waals surface area contributed by atoms with Crippen molar-refractivity contribution in [2.75, 3.05) is 0 Å². The zero-order valence-corrected chi connectivity index (χ0v) is 9.14. The molecule has 15 heavy (non-hydrogen) atoms. The molecule has 2 heterocycles. The summed E-state index contributed by atoms with van der Waals surface area (Å²) in [5.74, 6) is 0. The van der Waals surface area contributed by atoms with Crippen molar-refractivity contribution >= 4 is 5.52 Å². The Bertz CT molecular complexity index is 435. The summed E-state index contributed by atoms with van der Waals surface area (Å²) in [6.07, 6.45) is 8.48. The lowest BCUT2D eigenvalue weighted by Gasteiger charge is -2.09. The minimum atomic E-state index is 0.539. The molecule has 2 rings (SSSR count). The van der Waals surface area contributed by atoms with Crippen LogP contribution in [0.2, 0.25) is 0 Å². The Morgan fingerprint density at radius 3 is 3.13 bits per heavy atom. The van der Waals surface area contributed by atoms with Crippen LogP contribution in [0.5, 0.6) is 0 Å². The number of fused-ring (bicyclic) bond motifs is 1. The molecule has 4 nitrogen and oxygen atoms in total. The molecule has 0 spiro atoms. The van der Waals surface area contributed by atoms with E-state index in [2.05, 4.69) is 29.2 Å². The Balaban J connectivity index is 2.14. The number of hydrogen-bond donors (Lipinski definition) is 1. The van der Waals surface area contributed by atoms with Gasteiger partial charge in [0.05, 0.1) is 17.9 Å². The van der Waals surface area contributed by atoms with Crippen LogP contribution >= 0.6 is 0 Å². The number of nitrogens with zero attached hydrogens (tertiary/aromatic N) is 3. The van der Waals surface area contributed by atoms with Crippen molar-refractivity contribution in [3.63, 3.8) is 0 Å². The average Bonchev–Trinajstić information content (AvgIpc) is 2.69. The molecule has 0 aliphatic carbocycles. The molecule has 0 bridgehead atoms. The van der Waals surface area contributed by atoms with Crippen LogP contribution in [0, 0.1) is 0 Å². The first-order chi connectivity index (χ1) is 7.31. The van der Waals surface area contributed by atoms with Crippen LogP contribution in [0.4, 0.5) is 0 Å². The van der Waals surface area contributed by atoms with E-state index in [4.69, 9.17) is 0 Å². The maximum atomic E-state index is 4.26. The third kappa shape index (κ3) is 2.15. The summed E-state index contributed by atoms with van der Waals surface area (Å²) < 4.78 is 1.85. The average molecular weight is 204 g/mol. The first-order valence-corrected chi connectivity index (χ1v) is 5.31. The van der Waals surface area contributed by atoms with Gasteiger partial charge in [-0.2, -0.15) is 5.10 Å². The first kappa shape index (κ1) is 10.1. The molecular weight excluding hydrogens is 188 g/mol. The standard InChI is InChI=1S/C11H16N4/c1-3-9(2)13-6-10-7-14-15-5-4-12-8-11(10)15/h4-5,7-9,13H,3,6H2,1-2H3. The van der Waals surface area contributed by atoms with Crippen LogP contribution in [-0.4, -0.2) is 20.6 Å². The zero-order valence-electron chi connectivity index (χ0n) is 9.14. The maximum Gasteiger partial charge on any atom is 0.0889 e. The Morgan fingerprint density at radius 2 is 2.33 bits per heavy atom. The van der Waals surface area contributed by atoms with E-state index >= 15 is 0 Å². The number of aromatic nitrogens is 3. The minimum Gasteiger partial charge on any atom is -0.310 e. The molecule has 80 valence electrons. The van der Waals surface area contributed by atoms with Gasteiger partial charge in [-0.05, 0) is 13.3 Å². The molecule has 2 aromatic rings. The molecule has 0 aliphatic heterocycles. The second-order valence-corrected chi connectivity index (χ2v) is 3.77. The normalized spacial score (nSPS) is 13.2. The molecule has 1 atom stereocenters. The highest BCUT2D eigenvalue weighted by Gasteiger charge is 2.04. The molecule has 1 unspecified atom stereocenters. The van der Waals surface area contributed by atoms with Gasteiger partial charge in [-0.1, -0.05) is 6.92 Å². The van der Waals surface area contributed by atoms with E-state index in [1.807, 2.05) is 23.1 Å². The van der Waals surface area contributed by atoms with E-state index in [9.17, 15) is 0 Å². The number of nitrogens with one attached hydrogen (secondary N) is 1. The van der Waals surface area contributed by atoms with Crippen LogP contribution in [-0.2, 0) is 6.54 Å². The van der Waals surface area contributed by atoms with Gasteiger partial charge < -0.3 is 5.32 Å². The molecule has 0 aromatic carbocycles. The lowest BCUT2D eigenvalue weighted by Crippen LogP contribution is -2.24. The number of hydrogen-bond acceptors (Lipinski definition) is 3. The summed E-state index contributed by atoms with van der Waals surface area (Å²) in [7, 11) is 0. The summed E-state index contributed by atoms with van der Waals surface area (Å²) in [6, 6.07) is 0.539. The van der Waals surface area contributed by atoms with Crippen molar-refractivity contribution in [2.24, 2.45) is 0 Å². The molecule has 0 aliphatic rings. The van der Waals surface area contributed by atoms with Crippen LogP contribution in [0.15, 0.2) is 24.8 Å². The fourth-order valence-corrected chi connectivity index (χ4v) is 1.45. The van der Waals surface area contributed by atoms with Gasteiger partial charge in [0.2, 0.25) is 0 Å². The maximum absolute atomic E-state index is 4.26. The molecule has 4 heteroatoms. The largest absolute Gasteiger partial charge is 0.310 e. The second-order valence-electron chi connectivity index (χ2n) is 3.77. The molecule has 0 fully saturated rings. The van der Waals surface area contributed by atoms with Crippen molar-refractivity contribution in [2.45, 2.75) is 32.9 Å². The SMILES string of the molecule is CCC(C)NCc1cnn2ccncc12. The van der Waals surface area contributed by atoms with Crippen molar-refractivity contribution in [1.29, 1.82) is 0 Å². The smallest absolute Gasteiger partial charge is 0.0889 e. The molecule has 0 saturated heterocycles. The van der Waals surface area contributed by atoms with Crippen molar-refractivity contribution in [1.82, 2.24) is 19.9 Å². The fraction of sp³-hybridized carbons (Fsp3) is 0.455. The van der Waals surface area contributed by atoms with E-state index < -0.39 is 0 Å². The highest BCUT2D eigenvalue weighted by atomic mass is 15.2. The molecular formula is C11H16N4. The Kier molecular flexibility index (Phi) is 2.97. The predicted octanol–water partition coefficient (Wildman–Crippen LogP) is 1.62. The van der Waals surface area contributed by atoms with Gasteiger partial charge >= 0.3 is 0 Å². The summed E-state index contributed by atoms with van der Waals surface area (Å²) >= 11 is 0. The molecule has 0 saturated carbocycles. The summed E-state index contributed by atoms with van der Waals surface area (Å²) in [5, 5.41) is 7.70. The third-order valence-electron chi connectivity index (χ3n) is 2.66. The zero-order chi connectivity index (χ0) is 10.7. The topological polar surface area (TPSA) is 42.2 Å². The fourth-order valence-electron chi connectivity index (χ4n) is 1.45. The van der Waals surface area contributed by atoms with Gasteiger partial charge in [0.1, 0.15) is 0 Å². The lowest BCUT2D eigenvalue weighted by atomic mass is 10.2. The monoisotopic (exact) mass is 204 g/mol. The Labute approximate surface area is 89.3 Å². The summed E-state index contributed by atoms with van der Waals surface area (Å²) in [4.78, 5) is 4.10. The highest BCUT2D eigenvalue weighted by Crippen LogP contribution is 2.08. The quantitative estimate of drug-likeness (QED) is 0.822. The lowest BCUT2D eigenvalue weighted by molar-refractivity contribution is 0.535. The highest BCUT2D eigenvalue weighted by molar-refractivity contribution is 5.51. The van der Waals surface area contributed by atoms with Crippen LogP contribution in [0.25, 0.3) is 5.52 Å². The third-order valence-corrected chi connectivity index (χ3v) is 2.66. The van der Waals surface area contributed by atoms with Crippen LogP contribution in [0.1, 0.15) is 25.8 Å². The van der Waals surface area contributed by atoms with Gasteiger partial charge in [0.25, 0.3) is 0 Å².